The second-order valence-electron chi connectivity index (χ2n) is 2.50. The first-order valence-electron chi connectivity index (χ1n) is 3.69. The van der Waals surface area contributed by atoms with Crippen molar-refractivity contribution in [3.8, 4) is 0 Å². The van der Waals surface area contributed by atoms with E-state index >= 15 is 0 Å². The summed E-state index contributed by atoms with van der Waals surface area (Å²) in [5.41, 5.74) is 0.950. The van der Waals surface area contributed by atoms with Gasteiger partial charge in [-0.1, -0.05) is 30.3 Å². The quantitative estimate of drug-likeness (QED) is 0.633. The summed E-state index contributed by atoms with van der Waals surface area (Å²) in [6.07, 6.45) is 0.338. The molecule has 0 saturated heterocycles. The van der Waals surface area contributed by atoms with Crippen LogP contribution in [0.25, 0.3) is 4.98 Å². The van der Waals surface area contributed by atoms with Crippen molar-refractivity contribution in [2.75, 3.05) is 6.54 Å². The highest BCUT2D eigenvalue weighted by Crippen LogP contribution is 1.99. The molecule has 12 heavy (non-hydrogen) atoms. The number of carbonyl (C=O) groups is 1. The van der Waals surface area contributed by atoms with Crippen LogP contribution in [0.4, 0.5) is 0 Å². The number of rotatable bonds is 3. The van der Waals surface area contributed by atoms with Crippen molar-refractivity contribution in [2.24, 2.45) is 0 Å². The van der Waals surface area contributed by atoms with Gasteiger partial charge in [0.15, 0.2) is 0 Å². The standard InChI is InChI=1S/C9H9N2O/c10-11-7-9(12)6-8-4-2-1-3-5-8/h1-5H,6-7H2/q+1. The van der Waals surface area contributed by atoms with Gasteiger partial charge in [0.1, 0.15) is 4.98 Å². The molecule has 1 aromatic rings. The summed E-state index contributed by atoms with van der Waals surface area (Å²) in [5, 5.41) is 8.12. The molecule has 3 heteroatoms. The lowest BCUT2D eigenvalue weighted by Crippen LogP contribution is -2.04. The third-order valence-electron chi connectivity index (χ3n) is 1.49. The molecule has 0 radical (unpaired) electrons. The average molecular weight is 161 g/mol. The summed E-state index contributed by atoms with van der Waals surface area (Å²) >= 11 is 0. The second-order valence-corrected chi connectivity index (χ2v) is 2.50. The van der Waals surface area contributed by atoms with Crippen LogP contribution in [0, 0.1) is 5.39 Å². The van der Waals surface area contributed by atoms with Crippen LogP contribution in [-0.2, 0) is 11.2 Å². The van der Waals surface area contributed by atoms with Crippen LogP contribution in [0.1, 0.15) is 5.56 Å². The maximum atomic E-state index is 11.0. The van der Waals surface area contributed by atoms with E-state index in [2.05, 4.69) is 4.98 Å². The molecule has 1 rings (SSSR count). The van der Waals surface area contributed by atoms with E-state index in [-0.39, 0.29) is 12.3 Å². The zero-order valence-electron chi connectivity index (χ0n) is 6.60. The van der Waals surface area contributed by atoms with Crippen LogP contribution in [0.3, 0.4) is 0 Å². The summed E-state index contributed by atoms with van der Waals surface area (Å²) < 4.78 is 0. The SMILES string of the molecule is N#[N+]CC(=O)Cc1ccccc1. The van der Waals surface area contributed by atoms with Crippen LogP contribution in [0.5, 0.6) is 0 Å². The number of hydrogen-bond acceptors (Lipinski definition) is 2. The molecule has 0 N–H and O–H groups in total. The molecule has 60 valence electrons. The fraction of sp³-hybridized carbons (Fsp3) is 0.222. The van der Waals surface area contributed by atoms with E-state index < -0.39 is 0 Å². The first-order chi connectivity index (χ1) is 5.83. The minimum atomic E-state index is -0.116. The molecular formula is C9H9N2O+. The first-order valence-corrected chi connectivity index (χ1v) is 3.69. The number of Topliss-reactive ketones (excluding diaryl/α,β-unsaturated/α-hetero) is 1. The Balaban J connectivity index is 2.54. The molecular weight excluding hydrogens is 152 g/mol. The number of diazo groups is 1. The van der Waals surface area contributed by atoms with Gasteiger partial charge in [0.25, 0.3) is 0 Å². The highest BCUT2D eigenvalue weighted by molar-refractivity contribution is 5.83. The van der Waals surface area contributed by atoms with Crippen LogP contribution >= 0.6 is 0 Å². The number of benzene rings is 1. The smallest absolute Gasteiger partial charge is 0.291 e. The molecule has 0 saturated carbocycles. The van der Waals surface area contributed by atoms with Crippen LogP contribution < -0.4 is 0 Å². The minimum Gasteiger partial charge on any atom is -0.291 e. The fourth-order valence-electron chi connectivity index (χ4n) is 0.958. The van der Waals surface area contributed by atoms with E-state index in [1.165, 1.54) is 0 Å². The van der Waals surface area contributed by atoms with Crippen molar-refractivity contribution in [1.29, 1.82) is 5.39 Å². The predicted octanol–water partition coefficient (Wildman–Crippen LogP) is 1.65. The number of carbonyl (C=O) groups excluding carboxylic acids is 1. The van der Waals surface area contributed by atoms with Gasteiger partial charge in [0.05, 0.1) is 0 Å². The third-order valence-corrected chi connectivity index (χ3v) is 1.49. The Hall–Kier alpha value is -1.69. The molecule has 0 aliphatic carbocycles. The third kappa shape index (κ3) is 2.51. The highest BCUT2D eigenvalue weighted by Gasteiger charge is 2.08. The zero-order chi connectivity index (χ0) is 8.81. The molecule has 1 aromatic carbocycles. The summed E-state index contributed by atoms with van der Waals surface area (Å²) in [7, 11) is 0. The van der Waals surface area contributed by atoms with Gasteiger partial charge in [-0.05, 0) is 5.56 Å². The van der Waals surface area contributed by atoms with E-state index in [9.17, 15) is 4.79 Å². The Bertz CT molecular complexity index is 300. The summed E-state index contributed by atoms with van der Waals surface area (Å²) in [6.45, 7) is -0.116. The lowest BCUT2D eigenvalue weighted by molar-refractivity contribution is -0.116. The topological polar surface area (TPSA) is 45.2 Å². The van der Waals surface area contributed by atoms with Gasteiger partial charge in [-0.2, -0.15) is 0 Å². The van der Waals surface area contributed by atoms with E-state index in [1.54, 1.807) is 0 Å². The Labute approximate surface area is 70.6 Å². The second kappa shape index (κ2) is 4.24. The van der Waals surface area contributed by atoms with Gasteiger partial charge in [-0.25, -0.2) is 0 Å². The molecule has 0 atom stereocenters. The monoisotopic (exact) mass is 161 g/mol. The number of ketones is 1. The maximum absolute atomic E-state index is 11.0. The molecule has 0 aliphatic heterocycles. The molecule has 0 amide bonds. The van der Waals surface area contributed by atoms with Crippen molar-refractivity contribution in [2.45, 2.75) is 6.42 Å². The number of nitrogens with zero attached hydrogens (tertiary/aromatic N) is 2. The Morgan fingerprint density at radius 2 is 2.00 bits per heavy atom. The average Bonchev–Trinajstić information content (AvgIpc) is 2.06. The largest absolute Gasteiger partial charge is 0.363 e. The van der Waals surface area contributed by atoms with E-state index in [0.29, 0.717) is 6.42 Å². The van der Waals surface area contributed by atoms with Crippen molar-refractivity contribution in [3.05, 3.63) is 40.9 Å². The van der Waals surface area contributed by atoms with Crippen LogP contribution in [0.2, 0.25) is 0 Å². The Morgan fingerprint density at radius 1 is 1.33 bits per heavy atom. The van der Waals surface area contributed by atoms with E-state index in [0.717, 1.165) is 5.56 Å². The number of hydrogen-bond donors (Lipinski definition) is 0. The summed E-state index contributed by atoms with van der Waals surface area (Å²) in [6, 6.07) is 9.38. The lowest BCUT2D eigenvalue weighted by atomic mass is 10.1. The molecule has 0 unspecified atom stereocenters. The normalized spacial score (nSPS) is 8.92. The van der Waals surface area contributed by atoms with Gasteiger partial charge < -0.3 is 0 Å². The van der Waals surface area contributed by atoms with E-state index in [1.807, 2.05) is 30.3 Å². The van der Waals surface area contributed by atoms with Gasteiger partial charge in [0.2, 0.25) is 11.2 Å². The Morgan fingerprint density at radius 3 is 2.58 bits per heavy atom. The summed E-state index contributed by atoms with van der Waals surface area (Å²) in [4.78, 5) is 13.7. The van der Waals surface area contributed by atoms with Gasteiger partial charge in [-0.15, -0.1) is 0 Å². The van der Waals surface area contributed by atoms with Gasteiger partial charge >= 0.3 is 6.54 Å². The highest BCUT2D eigenvalue weighted by atomic mass is 16.1. The predicted molar refractivity (Wildman–Crippen MR) is 45.1 cm³/mol. The van der Waals surface area contributed by atoms with Gasteiger partial charge in [0, 0.05) is 6.42 Å². The molecule has 3 nitrogen and oxygen atoms in total. The lowest BCUT2D eigenvalue weighted by Gasteiger charge is -1.92. The molecule has 0 heterocycles. The maximum Gasteiger partial charge on any atom is 0.363 e. The van der Waals surface area contributed by atoms with Crippen molar-refractivity contribution in [1.82, 2.24) is 0 Å². The molecule has 0 aliphatic rings. The van der Waals surface area contributed by atoms with Gasteiger partial charge in [-0.3, -0.25) is 4.79 Å². The molecule has 0 bridgehead atoms. The molecule has 0 fully saturated rings. The van der Waals surface area contributed by atoms with Crippen LogP contribution in [-0.4, -0.2) is 12.3 Å². The van der Waals surface area contributed by atoms with Crippen molar-refractivity contribution >= 4 is 5.78 Å². The van der Waals surface area contributed by atoms with Crippen molar-refractivity contribution in [3.63, 3.8) is 0 Å². The Kier molecular flexibility index (Phi) is 2.97. The summed E-state index contributed by atoms with van der Waals surface area (Å²) in [5.74, 6) is -0.0799. The van der Waals surface area contributed by atoms with E-state index in [4.69, 9.17) is 5.39 Å². The fourth-order valence-corrected chi connectivity index (χ4v) is 0.958. The zero-order valence-corrected chi connectivity index (χ0v) is 6.60. The first kappa shape index (κ1) is 8.41. The van der Waals surface area contributed by atoms with Crippen LogP contribution in [0.15, 0.2) is 30.3 Å². The molecule has 0 aromatic heterocycles. The molecule has 0 spiro atoms. The van der Waals surface area contributed by atoms with Crippen molar-refractivity contribution < 1.29 is 4.79 Å². The minimum absolute atomic E-state index is 0.0799.